The summed E-state index contributed by atoms with van der Waals surface area (Å²) in [5.41, 5.74) is 16.4. The molecule has 0 fully saturated rings. The van der Waals surface area contributed by atoms with Gasteiger partial charge in [-0.25, -0.2) is 0 Å². The van der Waals surface area contributed by atoms with Crippen molar-refractivity contribution in [1.29, 1.82) is 0 Å². The van der Waals surface area contributed by atoms with Crippen LogP contribution in [0.15, 0.2) is 253 Å². The van der Waals surface area contributed by atoms with Gasteiger partial charge in [0.1, 0.15) is 5.58 Å². The first-order chi connectivity index (χ1) is 33.7. The topological polar surface area (TPSA) is 16.4 Å². The monoisotopic (exact) mass is 883 g/mol. The van der Waals surface area contributed by atoms with Gasteiger partial charge in [-0.3, -0.25) is 0 Å². The van der Waals surface area contributed by atoms with Gasteiger partial charge in [0, 0.05) is 42.3 Å². The number of rotatable bonds is 7. The van der Waals surface area contributed by atoms with Gasteiger partial charge in [0.25, 0.3) is 0 Å². The van der Waals surface area contributed by atoms with Crippen LogP contribution in [0.25, 0.3) is 86.3 Å². The summed E-state index contributed by atoms with van der Waals surface area (Å²) in [6, 6.07) is 91.5. The summed E-state index contributed by atoms with van der Waals surface area (Å²) in [4.78, 5) is 2.41. The zero-order valence-electron chi connectivity index (χ0n) is 36.9. The minimum atomic E-state index is -0.677. The molecule has 13 aromatic rings. The summed E-state index contributed by atoms with van der Waals surface area (Å²) in [7, 11) is 0. The number of furan rings is 1. The van der Waals surface area contributed by atoms with E-state index in [0.717, 1.165) is 44.6 Å². The van der Waals surface area contributed by atoms with E-state index in [4.69, 9.17) is 4.42 Å². The predicted molar refractivity (Wildman–Crippen MR) is 287 cm³/mol. The second-order valence-electron chi connectivity index (χ2n) is 17.9. The molecule has 1 aliphatic carbocycles. The molecule has 0 radical (unpaired) electrons. The van der Waals surface area contributed by atoms with Crippen molar-refractivity contribution in [3.05, 3.63) is 271 Å². The highest BCUT2D eigenvalue weighted by Crippen LogP contribution is 2.60. The maximum Gasteiger partial charge on any atom is 0.159 e. The summed E-state index contributed by atoms with van der Waals surface area (Å²) >= 11 is 1.87. The molecule has 0 unspecified atom stereocenters. The number of benzene rings is 11. The molecule has 68 heavy (non-hydrogen) atoms. The van der Waals surface area contributed by atoms with Gasteiger partial charge in [-0.15, -0.1) is 11.3 Å². The Morgan fingerprint density at radius 2 is 0.971 bits per heavy atom. The summed E-state index contributed by atoms with van der Waals surface area (Å²) in [5.74, 6) is 0. The Labute approximate surface area is 398 Å². The number of para-hydroxylation sites is 2. The quantitative estimate of drug-likeness (QED) is 0.159. The molecular weight excluding hydrogens is 843 g/mol. The van der Waals surface area contributed by atoms with E-state index >= 15 is 0 Å². The number of anilines is 3. The molecule has 318 valence electrons. The molecule has 2 heterocycles. The van der Waals surface area contributed by atoms with Gasteiger partial charge in [0.05, 0.1) is 11.1 Å². The number of hydrogen-bond donors (Lipinski definition) is 0. The lowest BCUT2D eigenvalue weighted by atomic mass is 9.67. The van der Waals surface area contributed by atoms with E-state index in [-0.39, 0.29) is 0 Å². The van der Waals surface area contributed by atoms with E-state index in [9.17, 15) is 0 Å². The van der Waals surface area contributed by atoms with E-state index in [1.807, 2.05) is 17.4 Å². The van der Waals surface area contributed by atoms with Gasteiger partial charge in [0.15, 0.2) is 5.58 Å². The van der Waals surface area contributed by atoms with E-state index in [0.29, 0.717) is 0 Å². The first kappa shape index (κ1) is 38.7. The smallest absolute Gasteiger partial charge is 0.159 e. The minimum absolute atomic E-state index is 0.677. The lowest BCUT2D eigenvalue weighted by Crippen LogP contribution is -2.29. The van der Waals surface area contributed by atoms with Gasteiger partial charge >= 0.3 is 0 Å². The van der Waals surface area contributed by atoms with Crippen LogP contribution >= 0.6 is 11.3 Å². The Balaban J connectivity index is 1.07. The maximum atomic E-state index is 6.85. The zero-order valence-corrected chi connectivity index (χ0v) is 37.8. The van der Waals surface area contributed by atoms with Crippen molar-refractivity contribution < 1.29 is 4.42 Å². The molecular formula is C65H41NOS. The van der Waals surface area contributed by atoms with Crippen LogP contribution in [0.3, 0.4) is 0 Å². The Hall–Kier alpha value is -8.50. The molecule has 2 nitrogen and oxygen atoms in total. The zero-order chi connectivity index (χ0) is 44.8. The third-order valence-electron chi connectivity index (χ3n) is 14.3. The average Bonchev–Trinajstić information content (AvgIpc) is 4.08. The van der Waals surface area contributed by atoms with Crippen LogP contribution in [-0.2, 0) is 5.41 Å². The first-order valence-electron chi connectivity index (χ1n) is 23.3. The lowest BCUT2D eigenvalue weighted by molar-refractivity contribution is 0.669. The van der Waals surface area contributed by atoms with Crippen molar-refractivity contribution in [3.63, 3.8) is 0 Å². The fourth-order valence-corrected chi connectivity index (χ4v) is 12.5. The normalized spacial score (nSPS) is 12.8. The second kappa shape index (κ2) is 15.3. The molecule has 14 rings (SSSR count). The molecule has 0 spiro atoms. The van der Waals surface area contributed by atoms with Crippen molar-refractivity contribution in [1.82, 2.24) is 0 Å². The molecule has 0 saturated carbocycles. The Morgan fingerprint density at radius 3 is 1.76 bits per heavy atom. The number of nitrogens with zero attached hydrogens (tertiary/aromatic N) is 1. The van der Waals surface area contributed by atoms with E-state index in [2.05, 4.69) is 248 Å². The van der Waals surface area contributed by atoms with Crippen LogP contribution in [0.2, 0.25) is 0 Å². The standard InChI is InChI=1S/C65H41NOS/c1-4-18-42(19-5-1)43-20-16-25-47(38-43)66(59-31-17-30-53-50-27-12-14-32-60(50)67-64(53)59)48-35-36-54-57(40-48)65(45-21-6-2-7-22-45,46-23-8-3-9-24-46)58-41-55(49-26-10-11-29-52(49)63(54)58)44-34-37-62-56(39-44)51-28-13-15-33-61(51)68-62/h1-41H. The summed E-state index contributed by atoms with van der Waals surface area (Å²) in [5, 5.41) is 7.29. The molecule has 1 aliphatic rings. The predicted octanol–water partition coefficient (Wildman–Crippen LogP) is 18.3. The molecule has 2 aromatic heterocycles. The van der Waals surface area contributed by atoms with Gasteiger partial charge in [0.2, 0.25) is 0 Å². The lowest BCUT2D eigenvalue weighted by Gasteiger charge is -2.35. The molecule has 11 aromatic carbocycles. The number of thiophene rings is 1. The largest absolute Gasteiger partial charge is 0.454 e. The molecule has 0 aliphatic heterocycles. The van der Waals surface area contributed by atoms with Crippen LogP contribution in [-0.4, -0.2) is 0 Å². The molecule has 0 atom stereocenters. The van der Waals surface area contributed by atoms with E-state index in [1.54, 1.807) is 0 Å². The van der Waals surface area contributed by atoms with Crippen LogP contribution in [0.5, 0.6) is 0 Å². The summed E-state index contributed by atoms with van der Waals surface area (Å²) < 4.78 is 9.47. The van der Waals surface area contributed by atoms with Crippen molar-refractivity contribution in [2.45, 2.75) is 5.41 Å². The van der Waals surface area contributed by atoms with Crippen molar-refractivity contribution in [2.75, 3.05) is 4.90 Å². The first-order valence-corrected chi connectivity index (χ1v) is 24.1. The second-order valence-corrected chi connectivity index (χ2v) is 19.0. The summed E-state index contributed by atoms with van der Waals surface area (Å²) in [6.07, 6.45) is 0. The number of hydrogen-bond acceptors (Lipinski definition) is 3. The molecule has 0 N–H and O–H groups in total. The molecule has 3 heteroatoms. The van der Waals surface area contributed by atoms with Gasteiger partial charge in [-0.2, -0.15) is 0 Å². The van der Waals surface area contributed by atoms with Crippen LogP contribution in [0, 0.1) is 0 Å². The third-order valence-corrected chi connectivity index (χ3v) is 15.5. The van der Waals surface area contributed by atoms with Crippen molar-refractivity contribution in [2.24, 2.45) is 0 Å². The Kier molecular flexibility index (Phi) is 8.71. The highest BCUT2D eigenvalue weighted by molar-refractivity contribution is 7.25. The highest BCUT2D eigenvalue weighted by atomic mass is 32.1. The SMILES string of the molecule is c1ccc(-c2cccc(N(c3ccc4c(c3)C(c3ccccc3)(c3ccccc3)c3cc(-c5ccc6sc7ccccc7c6c5)c5ccccc5c3-4)c3cccc4c3oc3ccccc34)c2)cc1. The van der Waals surface area contributed by atoms with Gasteiger partial charge in [-0.1, -0.05) is 188 Å². The van der Waals surface area contributed by atoms with Gasteiger partial charge < -0.3 is 9.32 Å². The average molecular weight is 884 g/mol. The maximum absolute atomic E-state index is 6.85. The van der Waals surface area contributed by atoms with Crippen molar-refractivity contribution in [3.8, 4) is 33.4 Å². The molecule has 0 amide bonds. The minimum Gasteiger partial charge on any atom is -0.454 e. The number of fused-ring (bicyclic) bond motifs is 11. The fraction of sp³-hybridized carbons (Fsp3) is 0.0154. The van der Waals surface area contributed by atoms with E-state index < -0.39 is 5.41 Å². The molecule has 0 bridgehead atoms. The summed E-state index contributed by atoms with van der Waals surface area (Å²) in [6.45, 7) is 0. The van der Waals surface area contributed by atoms with Crippen molar-refractivity contribution >= 4 is 81.3 Å². The van der Waals surface area contributed by atoms with Gasteiger partial charge in [-0.05, 0) is 127 Å². The highest BCUT2D eigenvalue weighted by Gasteiger charge is 2.47. The van der Waals surface area contributed by atoms with E-state index in [1.165, 1.54) is 81.0 Å². The van der Waals surface area contributed by atoms with Crippen LogP contribution in [0.1, 0.15) is 22.3 Å². The molecule has 0 saturated heterocycles. The fourth-order valence-electron chi connectivity index (χ4n) is 11.4. The van der Waals surface area contributed by atoms with Crippen LogP contribution in [0.4, 0.5) is 17.1 Å². The third kappa shape index (κ3) is 5.76. The Morgan fingerprint density at radius 1 is 0.353 bits per heavy atom. The Bertz CT molecular complexity index is 4050. The van der Waals surface area contributed by atoms with Crippen LogP contribution < -0.4 is 4.90 Å².